The molecule has 0 bridgehead atoms. The predicted molar refractivity (Wildman–Crippen MR) is 83.7 cm³/mol. The van der Waals surface area contributed by atoms with Crippen molar-refractivity contribution in [1.82, 2.24) is 0 Å². The van der Waals surface area contributed by atoms with Gasteiger partial charge in [0.05, 0.1) is 0 Å². The molecular weight excluding hydrogens is 230 g/mol. The fraction of sp³-hybridized carbons (Fsp3) is 0.333. The zero-order chi connectivity index (χ0) is 13.3. The quantitative estimate of drug-likeness (QED) is 0.706. The van der Waals surface area contributed by atoms with Crippen LogP contribution >= 0.6 is 0 Å². The van der Waals surface area contributed by atoms with Crippen molar-refractivity contribution in [3.05, 3.63) is 65.7 Å². The van der Waals surface area contributed by atoms with E-state index in [2.05, 4.69) is 66.8 Å². The molecule has 2 aromatic rings. The van der Waals surface area contributed by atoms with Crippen molar-refractivity contribution in [2.45, 2.75) is 32.6 Å². The number of benzene rings is 2. The SMILES string of the molecule is CCc1cccc(NCCCCc2ccccc2)c1. The molecule has 100 valence electrons. The van der Waals surface area contributed by atoms with Gasteiger partial charge in [-0.15, -0.1) is 0 Å². The minimum absolute atomic E-state index is 1.06. The first-order valence-corrected chi connectivity index (χ1v) is 7.25. The van der Waals surface area contributed by atoms with Gasteiger partial charge in [-0.2, -0.15) is 0 Å². The summed E-state index contributed by atoms with van der Waals surface area (Å²) < 4.78 is 0. The van der Waals surface area contributed by atoms with Gasteiger partial charge in [0.25, 0.3) is 0 Å². The lowest BCUT2D eigenvalue weighted by Crippen LogP contribution is -2.02. The van der Waals surface area contributed by atoms with Gasteiger partial charge in [0.2, 0.25) is 0 Å². The maximum absolute atomic E-state index is 3.51. The molecule has 0 aromatic heterocycles. The standard InChI is InChI=1S/C18H23N/c1-2-16-12-8-13-18(15-16)19-14-7-6-11-17-9-4-3-5-10-17/h3-5,8-10,12-13,15,19H,2,6-7,11,14H2,1H3. The van der Waals surface area contributed by atoms with Crippen molar-refractivity contribution in [3.8, 4) is 0 Å². The van der Waals surface area contributed by atoms with E-state index in [9.17, 15) is 0 Å². The lowest BCUT2D eigenvalue weighted by Gasteiger charge is -2.07. The fourth-order valence-corrected chi connectivity index (χ4v) is 2.23. The maximum atomic E-state index is 3.51. The number of unbranched alkanes of at least 4 members (excludes halogenated alkanes) is 1. The van der Waals surface area contributed by atoms with E-state index >= 15 is 0 Å². The zero-order valence-corrected chi connectivity index (χ0v) is 11.7. The Morgan fingerprint density at radius 1 is 0.842 bits per heavy atom. The summed E-state index contributed by atoms with van der Waals surface area (Å²) in [5.74, 6) is 0. The van der Waals surface area contributed by atoms with E-state index in [1.54, 1.807) is 0 Å². The van der Waals surface area contributed by atoms with Gasteiger partial charge in [-0.05, 0) is 48.9 Å². The molecule has 0 saturated carbocycles. The molecule has 19 heavy (non-hydrogen) atoms. The number of hydrogen-bond acceptors (Lipinski definition) is 1. The van der Waals surface area contributed by atoms with E-state index in [1.807, 2.05) is 0 Å². The molecular formula is C18H23N. The summed E-state index contributed by atoms with van der Waals surface area (Å²) in [6, 6.07) is 19.4. The molecule has 2 rings (SSSR count). The molecule has 0 atom stereocenters. The molecule has 0 unspecified atom stereocenters. The number of hydrogen-bond donors (Lipinski definition) is 1. The number of rotatable bonds is 7. The summed E-state index contributed by atoms with van der Waals surface area (Å²) in [4.78, 5) is 0. The van der Waals surface area contributed by atoms with Gasteiger partial charge >= 0.3 is 0 Å². The van der Waals surface area contributed by atoms with E-state index in [0.29, 0.717) is 0 Å². The van der Waals surface area contributed by atoms with Gasteiger partial charge in [0, 0.05) is 12.2 Å². The van der Waals surface area contributed by atoms with Crippen molar-refractivity contribution in [1.29, 1.82) is 0 Å². The van der Waals surface area contributed by atoms with Gasteiger partial charge in [-0.3, -0.25) is 0 Å². The normalized spacial score (nSPS) is 10.4. The van der Waals surface area contributed by atoms with Crippen LogP contribution in [0.2, 0.25) is 0 Å². The Balaban J connectivity index is 1.66. The highest BCUT2D eigenvalue weighted by Crippen LogP contribution is 2.11. The van der Waals surface area contributed by atoms with E-state index < -0.39 is 0 Å². The Kier molecular flexibility index (Phi) is 5.49. The summed E-state index contributed by atoms with van der Waals surface area (Å²) in [5, 5.41) is 3.51. The van der Waals surface area contributed by atoms with Crippen LogP contribution < -0.4 is 5.32 Å². The largest absolute Gasteiger partial charge is 0.385 e. The monoisotopic (exact) mass is 253 g/mol. The molecule has 0 heterocycles. The summed E-state index contributed by atoms with van der Waals surface area (Å²) in [7, 11) is 0. The Morgan fingerprint density at radius 2 is 1.63 bits per heavy atom. The van der Waals surface area contributed by atoms with Crippen LogP contribution in [-0.2, 0) is 12.8 Å². The van der Waals surface area contributed by atoms with Crippen molar-refractivity contribution >= 4 is 5.69 Å². The average molecular weight is 253 g/mol. The number of anilines is 1. The van der Waals surface area contributed by atoms with Gasteiger partial charge in [-0.1, -0.05) is 49.4 Å². The number of nitrogens with one attached hydrogen (secondary N) is 1. The molecule has 0 amide bonds. The summed E-state index contributed by atoms with van der Waals surface area (Å²) in [6.07, 6.45) is 4.73. The van der Waals surface area contributed by atoms with Crippen LogP contribution in [0.3, 0.4) is 0 Å². The first-order chi connectivity index (χ1) is 9.38. The first kappa shape index (κ1) is 13.7. The Hall–Kier alpha value is -1.76. The molecule has 1 nitrogen and oxygen atoms in total. The molecule has 0 radical (unpaired) electrons. The second-order valence-corrected chi connectivity index (χ2v) is 4.92. The molecule has 2 aromatic carbocycles. The third kappa shape index (κ3) is 4.78. The molecule has 1 heteroatoms. The highest BCUT2D eigenvalue weighted by molar-refractivity contribution is 5.45. The van der Waals surface area contributed by atoms with E-state index in [1.165, 1.54) is 36.1 Å². The maximum Gasteiger partial charge on any atom is 0.0342 e. The van der Waals surface area contributed by atoms with Crippen LogP contribution in [0.25, 0.3) is 0 Å². The number of aryl methyl sites for hydroxylation is 2. The van der Waals surface area contributed by atoms with Crippen molar-refractivity contribution < 1.29 is 0 Å². The van der Waals surface area contributed by atoms with Crippen LogP contribution in [-0.4, -0.2) is 6.54 Å². The molecule has 0 aliphatic rings. The molecule has 0 aliphatic heterocycles. The molecule has 0 fully saturated rings. The van der Waals surface area contributed by atoms with Gasteiger partial charge in [0.15, 0.2) is 0 Å². The first-order valence-electron chi connectivity index (χ1n) is 7.25. The minimum atomic E-state index is 1.06. The van der Waals surface area contributed by atoms with E-state index in [-0.39, 0.29) is 0 Å². The van der Waals surface area contributed by atoms with Crippen molar-refractivity contribution in [2.75, 3.05) is 11.9 Å². The van der Waals surface area contributed by atoms with E-state index in [4.69, 9.17) is 0 Å². The fourth-order valence-electron chi connectivity index (χ4n) is 2.23. The summed E-state index contributed by atoms with van der Waals surface area (Å²) >= 11 is 0. The second-order valence-electron chi connectivity index (χ2n) is 4.92. The molecule has 1 N–H and O–H groups in total. The van der Waals surface area contributed by atoms with Crippen molar-refractivity contribution in [3.63, 3.8) is 0 Å². The third-order valence-corrected chi connectivity index (χ3v) is 3.40. The molecule has 0 spiro atoms. The minimum Gasteiger partial charge on any atom is -0.385 e. The lowest BCUT2D eigenvalue weighted by molar-refractivity contribution is 0.763. The lowest BCUT2D eigenvalue weighted by atomic mass is 10.1. The topological polar surface area (TPSA) is 12.0 Å². The van der Waals surface area contributed by atoms with Gasteiger partial charge < -0.3 is 5.32 Å². The summed E-state index contributed by atoms with van der Waals surface area (Å²) in [6.45, 7) is 3.25. The third-order valence-electron chi connectivity index (χ3n) is 3.40. The Bertz CT molecular complexity index is 476. The highest BCUT2D eigenvalue weighted by atomic mass is 14.9. The van der Waals surface area contributed by atoms with E-state index in [0.717, 1.165) is 13.0 Å². The summed E-state index contributed by atoms with van der Waals surface area (Å²) in [5.41, 5.74) is 4.09. The average Bonchev–Trinajstić information content (AvgIpc) is 2.48. The van der Waals surface area contributed by atoms with Gasteiger partial charge in [-0.25, -0.2) is 0 Å². The Labute approximate surface area is 116 Å². The second kappa shape index (κ2) is 7.63. The van der Waals surface area contributed by atoms with Crippen LogP contribution in [0.15, 0.2) is 54.6 Å². The van der Waals surface area contributed by atoms with Crippen LogP contribution in [0.1, 0.15) is 30.9 Å². The van der Waals surface area contributed by atoms with Crippen LogP contribution in [0.4, 0.5) is 5.69 Å². The predicted octanol–water partition coefficient (Wildman–Crippen LogP) is 4.68. The van der Waals surface area contributed by atoms with Crippen LogP contribution in [0, 0.1) is 0 Å². The zero-order valence-electron chi connectivity index (χ0n) is 11.7. The Morgan fingerprint density at radius 3 is 2.42 bits per heavy atom. The molecule has 0 aliphatic carbocycles. The molecule has 0 saturated heterocycles. The highest BCUT2D eigenvalue weighted by Gasteiger charge is 1.95. The van der Waals surface area contributed by atoms with Crippen molar-refractivity contribution in [2.24, 2.45) is 0 Å². The van der Waals surface area contributed by atoms with Gasteiger partial charge in [0.1, 0.15) is 0 Å². The smallest absolute Gasteiger partial charge is 0.0342 e. The van der Waals surface area contributed by atoms with Crippen LogP contribution in [0.5, 0.6) is 0 Å².